The van der Waals surface area contributed by atoms with E-state index in [1.54, 1.807) is 19.1 Å². The fourth-order valence-corrected chi connectivity index (χ4v) is 4.39. The van der Waals surface area contributed by atoms with Gasteiger partial charge >= 0.3 is 0 Å². The quantitative estimate of drug-likeness (QED) is 0.691. The highest BCUT2D eigenvalue weighted by atomic mass is 35.5. The maximum atomic E-state index is 12.9. The molecule has 0 aliphatic heterocycles. The minimum absolute atomic E-state index is 0.00855. The molecule has 2 rings (SSSR count). The molecule has 28 heavy (non-hydrogen) atoms. The number of rotatable bonds is 8. The zero-order valence-electron chi connectivity index (χ0n) is 16.4. The van der Waals surface area contributed by atoms with E-state index in [9.17, 15) is 13.2 Å². The Morgan fingerprint density at radius 2 is 1.82 bits per heavy atom. The largest absolute Gasteiger partial charge is 0.495 e. The molecule has 0 aromatic heterocycles. The number of hydrogen-bond donors (Lipinski definition) is 1. The zero-order valence-corrected chi connectivity index (χ0v) is 18.0. The lowest BCUT2D eigenvalue weighted by atomic mass is 10.0. The normalized spacial score (nSPS) is 11.7. The van der Waals surface area contributed by atoms with Gasteiger partial charge in [-0.1, -0.05) is 44.5 Å². The topological polar surface area (TPSA) is 75.7 Å². The van der Waals surface area contributed by atoms with Gasteiger partial charge in [0, 0.05) is 12.2 Å². The fourth-order valence-electron chi connectivity index (χ4n) is 2.64. The lowest BCUT2D eigenvalue weighted by Crippen LogP contribution is -2.37. The summed E-state index contributed by atoms with van der Waals surface area (Å²) in [6, 6.07) is 11.7. The van der Waals surface area contributed by atoms with E-state index in [1.165, 1.54) is 25.3 Å². The van der Waals surface area contributed by atoms with Gasteiger partial charge in [-0.2, -0.15) is 4.31 Å². The molecule has 8 heteroatoms. The number of benzene rings is 2. The predicted molar refractivity (Wildman–Crippen MR) is 112 cm³/mol. The van der Waals surface area contributed by atoms with Crippen LogP contribution in [0.15, 0.2) is 47.4 Å². The third-order valence-electron chi connectivity index (χ3n) is 4.29. The number of halogens is 1. The monoisotopic (exact) mass is 424 g/mol. The molecule has 0 heterocycles. The Hall–Kier alpha value is -2.09. The molecule has 0 saturated carbocycles. The van der Waals surface area contributed by atoms with Crippen LogP contribution in [0.3, 0.4) is 0 Å². The molecule has 6 nitrogen and oxygen atoms in total. The zero-order chi connectivity index (χ0) is 20.9. The molecule has 0 unspecified atom stereocenters. The van der Waals surface area contributed by atoms with Crippen LogP contribution in [0.2, 0.25) is 5.02 Å². The molecule has 0 spiro atoms. The number of likely N-dealkylation sites (N-methyl/N-ethyl adjacent to an activating group) is 1. The molecular weight excluding hydrogens is 400 g/mol. The van der Waals surface area contributed by atoms with Gasteiger partial charge in [-0.25, -0.2) is 8.42 Å². The highest BCUT2D eigenvalue weighted by molar-refractivity contribution is 7.89. The summed E-state index contributed by atoms with van der Waals surface area (Å²) in [5.41, 5.74) is 1.78. The first-order chi connectivity index (χ1) is 13.2. The molecular formula is C20H25ClN2O4S. The molecule has 152 valence electrons. The van der Waals surface area contributed by atoms with Crippen molar-refractivity contribution in [1.82, 2.24) is 4.31 Å². The van der Waals surface area contributed by atoms with E-state index in [0.29, 0.717) is 17.4 Å². The summed E-state index contributed by atoms with van der Waals surface area (Å²) < 4.78 is 31.9. The Bertz CT molecular complexity index is 928. The van der Waals surface area contributed by atoms with Gasteiger partial charge in [0.2, 0.25) is 15.9 Å². The number of hydrogen-bond acceptors (Lipinski definition) is 4. The van der Waals surface area contributed by atoms with Crippen LogP contribution in [0, 0.1) is 0 Å². The van der Waals surface area contributed by atoms with Crippen molar-refractivity contribution in [2.24, 2.45) is 0 Å². The molecule has 0 radical (unpaired) electrons. The molecule has 1 N–H and O–H groups in total. The van der Waals surface area contributed by atoms with Gasteiger partial charge in [0.1, 0.15) is 5.75 Å². The number of carbonyl (C=O) groups excluding carboxylic acids is 1. The van der Waals surface area contributed by atoms with Gasteiger partial charge in [-0.05, 0) is 41.8 Å². The third kappa shape index (κ3) is 5.25. The van der Waals surface area contributed by atoms with Crippen molar-refractivity contribution >= 4 is 33.2 Å². The average Bonchev–Trinajstić information content (AvgIpc) is 2.66. The van der Waals surface area contributed by atoms with Crippen LogP contribution in [0.5, 0.6) is 5.75 Å². The number of sulfonamides is 1. The first-order valence-corrected chi connectivity index (χ1v) is 10.7. The number of ether oxygens (including phenoxy) is 1. The van der Waals surface area contributed by atoms with Crippen LogP contribution < -0.4 is 10.1 Å². The van der Waals surface area contributed by atoms with Crippen LogP contribution in [-0.2, 0) is 14.8 Å². The third-order valence-corrected chi connectivity index (χ3v) is 6.51. The Morgan fingerprint density at radius 1 is 1.18 bits per heavy atom. The van der Waals surface area contributed by atoms with E-state index in [1.807, 2.05) is 12.1 Å². The van der Waals surface area contributed by atoms with E-state index < -0.39 is 15.9 Å². The molecule has 0 aliphatic carbocycles. The second-order valence-electron chi connectivity index (χ2n) is 6.55. The molecule has 0 fully saturated rings. The Morgan fingerprint density at radius 3 is 2.32 bits per heavy atom. The van der Waals surface area contributed by atoms with E-state index in [-0.39, 0.29) is 23.0 Å². The number of nitrogens with one attached hydrogen (secondary N) is 1. The smallest absolute Gasteiger partial charge is 0.243 e. The first-order valence-electron chi connectivity index (χ1n) is 8.92. The lowest BCUT2D eigenvalue weighted by Gasteiger charge is -2.20. The predicted octanol–water partition coefficient (Wildman–Crippen LogP) is 4.12. The number of nitrogens with zero attached hydrogens (tertiary/aromatic N) is 1. The lowest BCUT2D eigenvalue weighted by molar-refractivity contribution is -0.116. The van der Waals surface area contributed by atoms with Crippen molar-refractivity contribution in [3.63, 3.8) is 0 Å². The van der Waals surface area contributed by atoms with Crippen molar-refractivity contribution < 1.29 is 17.9 Å². The average molecular weight is 425 g/mol. The minimum Gasteiger partial charge on any atom is -0.495 e. The van der Waals surface area contributed by atoms with Gasteiger partial charge in [-0.15, -0.1) is 0 Å². The molecule has 0 bridgehead atoms. The highest BCUT2D eigenvalue weighted by Crippen LogP contribution is 2.28. The summed E-state index contributed by atoms with van der Waals surface area (Å²) in [5.74, 6) is 0.357. The van der Waals surface area contributed by atoms with Crippen LogP contribution in [0.1, 0.15) is 32.3 Å². The first kappa shape index (κ1) is 22.2. The van der Waals surface area contributed by atoms with Gasteiger partial charge in [0.05, 0.1) is 23.6 Å². The second-order valence-corrected chi connectivity index (χ2v) is 8.90. The second kappa shape index (κ2) is 9.41. The molecule has 0 aliphatic rings. The van der Waals surface area contributed by atoms with Crippen molar-refractivity contribution in [3.05, 3.63) is 53.1 Å². The van der Waals surface area contributed by atoms with Gasteiger partial charge in [0.15, 0.2) is 0 Å². The summed E-state index contributed by atoms with van der Waals surface area (Å²) in [6.07, 6.45) is 0. The van der Waals surface area contributed by atoms with E-state index in [0.717, 1.165) is 9.87 Å². The van der Waals surface area contributed by atoms with Gasteiger partial charge < -0.3 is 10.1 Å². The maximum absolute atomic E-state index is 12.9. The SMILES string of the molecule is CCN(CC(=O)Nc1ccc(C(C)C)cc1)S(=O)(=O)c1ccc(OC)c(Cl)c1. The van der Waals surface area contributed by atoms with Crippen molar-refractivity contribution in [1.29, 1.82) is 0 Å². The van der Waals surface area contributed by atoms with Crippen LogP contribution in [-0.4, -0.2) is 38.8 Å². The van der Waals surface area contributed by atoms with Gasteiger partial charge in [0.25, 0.3) is 0 Å². The van der Waals surface area contributed by atoms with Crippen molar-refractivity contribution in [2.75, 3.05) is 25.5 Å². The number of methoxy groups -OCH3 is 1. The highest BCUT2D eigenvalue weighted by Gasteiger charge is 2.26. The van der Waals surface area contributed by atoms with Crippen LogP contribution in [0.25, 0.3) is 0 Å². The van der Waals surface area contributed by atoms with Crippen LogP contribution in [0.4, 0.5) is 5.69 Å². The molecule has 2 aromatic carbocycles. The summed E-state index contributed by atoms with van der Waals surface area (Å²) in [4.78, 5) is 12.4. The summed E-state index contributed by atoms with van der Waals surface area (Å²) in [5, 5.41) is 2.92. The van der Waals surface area contributed by atoms with E-state index >= 15 is 0 Å². The van der Waals surface area contributed by atoms with Gasteiger partial charge in [-0.3, -0.25) is 4.79 Å². The summed E-state index contributed by atoms with van der Waals surface area (Å²) in [7, 11) is -2.42. The van der Waals surface area contributed by atoms with Crippen molar-refractivity contribution in [3.8, 4) is 5.75 Å². The van der Waals surface area contributed by atoms with Crippen molar-refractivity contribution in [2.45, 2.75) is 31.6 Å². The molecule has 2 aromatic rings. The van der Waals surface area contributed by atoms with Crippen LogP contribution >= 0.6 is 11.6 Å². The standard InChI is InChI=1S/C20H25ClN2O4S/c1-5-23(28(25,26)17-10-11-19(27-4)18(21)12-17)13-20(24)22-16-8-6-15(7-9-16)14(2)3/h6-12,14H,5,13H2,1-4H3,(H,22,24). The Balaban J connectivity index is 2.13. The molecule has 0 saturated heterocycles. The number of amides is 1. The Labute approximate surface area is 171 Å². The van der Waals surface area contributed by atoms with E-state index in [2.05, 4.69) is 19.2 Å². The minimum atomic E-state index is -3.87. The summed E-state index contributed by atoms with van der Waals surface area (Å²) in [6.45, 7) is 5.69. The number of carbonyl (C=O) groups is 1. The summed E-state index contributed by atoms with van der Waals surface area (Å²) >= 11 is 6.04. The Kier molecular flexibility index (Phi) is 7.46. The van der Waals surface area contributed by atoms with E-state index in [4.69, 9.17) is 16.3 Å². The molecule has 0 atom stereocenters. The fraction of sp³-hybridized carbons (Fsp3) is 0.350. The molecule has 1 amide bonds. The maximum Gasteiger partial charge on any atom is 0.243 e. The number of anilines is 1.